The molecule has 1 aliphatic heterocycles. The van der Waals surface area contributed by atoms with Crippen molar-refractivity contribution in [3.05, 3.63) is 35.9 Å². The molecule has 1 saturated heterocycles. The zero-order valence-electron chi connectivity index (χ0n) is 14.6. The summed E-state index contributed by atoms with van der Waals surface area (Å²) in [6, 6.07) is 8.77. The van der Waals surface area contributed by atoms with Gasteiger partial charge in [-0.15, -0.1) is 0 Å². The Hall–Kier alpha value is -1.92. The van der Waals surface area contributed by atoms with Crippen LogP contribution in [0.1, 0.15) is 25.5 Å². The second-order valence-electron chi connectivity index (χ2n) is 6.06. The second-order valence-corrected chi connectivity index (χ2v) is 6.06. The third-order valence-corrected chi connectivity index (χ3v) is 4.62. The number of benzene rings is 1. The van der Waals surface area contributed by atoms with Gasteiger partial charge >= 0.3 is 0 Å². The van der Waals surface area contributed by atoms with E-state index in [-0.39, 0.29) is 11.8 Å². The van der Waals surface area contributed by atoms with Gasteiger partial charge in [0.15, 0.2) is 0 Å². The zero-order chi connectivity index (χ0) is 17.5. The molecule has 0 bridgehead atoms. The number of piperazine rings is 1. The summed E-state index contributed by atoms with van der Waals surface area (Å²) in [6.07, 6.45) is 0. The number of hydrogen-bond acceptors (Lipinski definition) is 4. The second kappa shape index (κ2) is 8.80. The molecular formula is C18H28N4O2. The van der Waals surface area contributed by atoms with Gasteiger partial charge in [-0.3, -0.25) is 14.5 Å². The van der Waals surface area contributed by atoms with Gasteiger partial charge in [-0.05, 0) is 18.7 Å². The molecule has 132 valence electrons. The van der Waals surface area contributed by atoms with Crippen LogP contribution in [-0.2, 0) is 9.59 Å². The molecule has 24 heavy (non-hydrogen) atoms. The average molecular weight is 332 g/mol. The first-order chi connectivity index (χ1) is 11.6. The number of rotatable bonds is 6. The molecule has 2 N–H and O–H groups in total. The molecule has 6 nitrogen and oxygen atoms in total. The summed E-state index contributed by atoms with van der Waals surface area (Å²) in [5.41, 5.74) is 6.91. The fourth-order valence-corrected chi connectivity index (χ4v) is 2.91. The molecule has 0 saturated carbocycles. The molecule has 0 aliphatic carbocycles. The van der Waals surface area contributed by atoms with Crippen molar-refractivity contribution in [3.8, 4) is 0 Å². The molecule has 1 aromatic rings. The van der Waals surface area contributed by atoms with Crippen LogP contribution in [0.3, 0.4) is 0 Å². The highest BCUT2D eigenvalue weighted by Gasteiger charge is 2.28. The number of carbonyl (C=O) groups excluding carboxylic acids is 2. The van der Waals surface area contributed by atoms with Crippen molar-refractivity contribution >= 4 is 11.8 Å². The Bertz CT molecular complexity index is 537. The van der Waals surface area contributed by atoms with Crippen LogP contribution < -0.4 is 5.73 Å². The zero-order valence-corrected chi connectivity index (χ0v) is 14.6. The molecule has 1 aliphatic rings. The monoisotopic (exact) mass is 332 g/mol. The van der Waals surface area contributed by atoms with Crippen LogP contribution in [0.4, 0.5) is 0 Å². The van der Waals surface area contributed by atoms with Gasteiger partial charge in [0.25, 0.3) is 0 Å². The van der Waals surface area contributed by atoms with Crippen molar-refractivity contribution in [2.75, 3.05) is 45.8 Å². The van der Waals surface area contributed by atoms with E-state index in [1.54, 1.807) is 4.90 Å². The van der Waals surface area contributed by atoms with E-state index < -0.39 is 6.04 Å². The van der Waals surface area contributed by atoms with E-state index >= 15 is 0 Å². The lowest BCUT2D eigenvalue weighted by Gasteiger charge is -2.36. The van der Waals surface area contributed by atoms with Gasteiger partial charge in [-0.1, -0.05) is 44.2 Å². The SMILES string of the molecule is CCN(CC)CC(=O)N1CCN(C(=O)C(N)c2ccccc2)CC1. The Kier molecular flexibility index (Phi) is 6.75. The molecule has 0 radical (unpaired) electrons. The van der Waals surface area contributed by atoms with E-state index in [1.165, 1.54) is 0 Å². The molecular weight excluding hydrogens is 304 g/mol. The van der Waals surface area contributed by atoms with Crippen LogP contribution in [0.15, 0.2) is 30.3 Å². The lowest BCUT2D eigenvalue weighted by Crippen LogP contribution is -2.54. The minimum absolute atomic E-state index is 0.0722. The van der Waals surface area contributed by atoms with Crippen LogP contribution in [0.2, 0.25) is 0 Å². The van der Waals surface area contributed by atoms with Crippen LogP contribution in [0.25, 0.3) is 0 Å². The van der Waals surface area contributed by atoms with Gasteiger partial charge in [-0.2, -0.15) is 0 Å². The minimum Gasteiger partial charge on any atom is -0.338 e. The maximum atomic E-state index is 12.5. The smallest absolute Gasteiger partial charge is 0.244 e. The van der Waals surface area contributed by atoms with Crippen molar-refractivity contribution in [2.24, 2.45) is 5.73 Å². The minimum atomic E-state index is -0.635. The van der Waals surface area contributed by atoms with Crippen LogP contribution in [0, 0.1) is 0 Å². The Morgan fingerprint density at radius 3 is 2.12 bits per heavy atom. The Balaban J connectivity index is 1.86. The summed E-state index contributed by atoms with van der Waals surface area (Å²) in [4.78, 5) is 30.6. The maximum Gasteiger partial charge on any atom is 0.244 e. The summed E-state index contributed by atoms with van der Waals surface area (Å²) in [7, 11) is 0. The van der Waals surface area contributed by atoms with Gasteiger partial charge in [0.2, 0.25) is 11.8 Å². The van der Waals surface area contributed by atoms with Crippen molar-refractivity contribution in [3.63, 3.8) is 0 Å². The van der Waals surface area contributed by atoms with E-state index in [9.17, 15) is 9.59 Å². The number of nitrogens with zero attached hydrogens (tertiary/aromatic N) is 3. The summed E-state index contributed by atoms with van der Waals surface area (Å²) in [5, 5.41) is 0. The van der Waals surface area contributed by atoms with Crippen molar-refractivity contribution in [1.82, 2.24) is 14.7 Å². The molecule has 0 aromatic heterocycles. The molecule has 1 fully saturated rings. The molecule has 1 atom stereocenters. The number of hydrogen-bond donors (Lipinski definition) is 1. The Morgan fingerprint density at radius 2 is 1.58 bits per heavy atom. The molecule has 2 amide bonds. The Morgan fingerprint density at radius 1 is 1.04 bits per heavy atom. The highest BCUT2D eigenvalue weighted by molar-refractivity contribution is 5.83. The summed E-state index contributed by atoms with van der Waals surface area (Å²) in [6.45, 7) is 8.54. The van der Waals surface area contributed by atoms with E-state index in [0.29, 0.717) is 32.7 Å². The fourth-order valence-electron chi connectivity index (χ4n) is 2.91. The molecule has 1 heterocycles. The molecule has 6 heteroatoms. The summed E-state index contributed by atoms with van der Waals surface area (Å²) < 4.78 is 0. The van der Waals surface area contributed by atoms with Gasteiger partial charge in [0.05, 0.1) is 6.54 Å². The highest BCUT2D eigenvalue weighted by Crippen LogP contribution is 2.14. The average Bonchev–Trinajstić information content (AvgIpc) is 2.65. The number of carbonyl (C=O) groups is 2. The lowest BCUT2D eigenvalue weighted by atomic mass is 10.1. The highest BCUT2D eigenvalue weighted by atomic mass is 16.2. The predicted molar refractivity (Wildman–Crippen MR) is 94.3 cm³/mol. The van der Waals surface area contributed by atoms with Crippen molar-refractivity contribution in [1.29, 1.82) is 0 Å². The van der Waals surface area contributed by atoms with Crippen LogP contribution in [-0.4, -0.2) is 72.3 Å². The van der Waals surface area contributed by atoms with E-state index in [1.807, 2.05) is 35.2 Å². The molecule has 2 rings (SSSR count). The topological polar surface area (TPSA) is 69.9 Å². The van der Waals surface area contributed by atoms with Crippen LogP contribution in [0.5, 0.6) is 0 Å². The molecule has 1 unspecified atom stereocenters. The third kappa shape index (κ3) is 4.55. The van der Waals surface area contributed by atoms with Crippen molar-refractivity contribution in [2.45, 2.75) is 19.9 Å². The fraction of sp³-hybridized carbons (Fsp3) is 0.556. The van der Waals surface area contributed by atoms with E-state index in [0.717, 1.165) is 18.7 Å². The summed E-state index contributed by atoms with van der Waals surface area (Å²) in [5.74, 6) is 0.0650. The maximum absolute atomic E-state index is 12.5. The first-order valence-corrected chi connectivity index (χ1v) is 8.66. The summed E-state index contributed by atoms with van der Waals surface area (Å²) >= 11 is 0. The number of likely N-dealkylation sites (N-methyl/N-ethyl adjacent to an activating group) is 1. The van der Waals surface area contributed by atoms with Gasteiger partial charge < -0.3 is 15.5 Å². The lowest BCUT2D eigenvalue weighted by molar-refractivity contribution is -0.141. The predicted octanol–water partition coefficient (Wildman–Crippen LogP) is 0.699. The molecule has 0 spiro atoms. The third-order valence-electron chi connectivity index (χ3n) is 4.62. The quantitative estimate of drug-likeness (QED) is 0.832. The normalized spacial score (nSPS) is 16.3. The van der Waals surface area contributed by atoms with Gasteiger partial charge in [-0.25, -0.2) is 0 Å². The first-order valence-electron chi connectivity index (χ1n) is 8.66. The standard InChI is InChI=1S/C18H28N4O2/c1-3-20(4-2)14-16(23)21-10-12-22(13-11-21)18(24)17(19)15-8-6-5-7-9-15/h5-9,17H,3-4,10-14,19H2,1-2H3. The number of amides is 2. The van der Waals surface area contributed by atoms with Gasteiger partial charge in [0.1, 0.15) is 6.04 Å². The van der Waals surface area contributed by atoms with Crippen molar-refractivity contribution < 1.29 is 9.59 Å². The van der Waals surface area contributed by atoms with Crippen LogP contribution >= 0.6 is 0 Å². The van der Waals surface area contributed by atoms with Gasteiger partial charge in [0, 0.05) is 26.2 Å². The first kappa shape index (κ1) is 18.4. The van der Waals surface area contributed by atoms with E-state index in [2.05, 4.69) is 18.7 Å². The Labute approximate surface area is 144 Å². The number of nitrogens with two attached hydrogens (primary N) is 1. The van der Waals surface area contributed by atoms with E-state index in [4.69, 9.17) is 5.73 Å². The molecule has 1 aromatic carbocycles. The largest absolute Gasteiger partial charge is 0.338 e.